The molecule has 0 fully saturated rings. The Balaban J connectivity index is 1.24. The van der Waals surface area contributed by atoms with E-state index in [1.54, 1.807) is 7.05 Å². The highest BCUT2D eigenvalue weighted by atomic mass is 16.6. The molecule has 2 N–H and O–H groups in total. The molecular weight excluding hydrogens is 468 g/mol. The Morgan fingerprint density at radius 3 is 2.11 bits per heavy atom. The van der Waals surface area contributed by atoms with Gasteiger partial charge in [-0.15, -0.1) is 0 Å². The second-order valence-corrected chi connectivity index (χ2v) is 8.19. The Morgan fingerprint density at radius 2 is 1.47 bits per heavy atom. The number of benzene rings is 2. The maximum absolute atomic E-state index is 12.5. The van der Waals surface area contributed by atoms with E-state index in [0.29, 0.717) is 26.4 Å². The molecule has 1 aliphatic rings. The van der Waals surface area contributed by atoms with Gasteiger partial charge in [0.2, 0.25) is 5.91 Å². The van der Waals surface area contributed by atoms with E-state index in [2.05, 4.69) is 34.3 Å². The fraction of sp³-hybridized carbons (Fsp3) is 0.423. The Morgan fingerprint density at radius 1 is 0.861 bits per heavy atom. The van der Waals surface area contributed by atoms with Crippen LogP contribution in [-0.4, -0.2) is 94.4 Å². The van der Waals surface area contributed by atoms with E-state index in [9.17, 15) is 14.4 Å². The smallest absolute Gasteiger partial charge is 0.409 e. The van der Waals surface area contributed by atoms with Gasteiger partial charge < -0.3 is 34.3 Å². The number of carboxylic acid groups (broad SMARTS) is 1. The molecule has 2 aromatic rings. The van der Waals surface area contributed by atoms with Crippen LogP contribution in [-0.2, 0) is 28.5 Å². The van der Waals surface area contributed by atoms with Gasteiger partial charge in [0.05, 0.1) is 26.4 Å². The minimum Gasteiger partial charge on any atom is -0.480 e. The molecule has 194 valence electrons. The van der Waals surface area contributed by atoms with Crippen LogP contribution in [0.3, 0.4) is 0 Å². The fourth-order valence-electron chi connectivity index (χ4n) is 3.86. The van der Waals surface area contributed by atoms with Crippen LogP contribution in [0.15, 0.2) is 48.5 Å². The number of fused-ring (bicyclic) bond motifs is 3. The zero-order chi connectivity index (χ0) is 25.8. The molecular formula is C26H32N2O8. The highest BCUT2D eigenvalue weighted by molar-refractivity contribution is 5.79. The largest absolute Gasteiger partial charge is 0.480 e. The number of carbonyl (C=O) groups is 3. The van der Waals surface area contributed by atoms with E-state index in [0.717, 1.165) is 0 Å². The van der Waals surface area contributed by atoms with Crippen molar-refractivity contribution in [2.45, 2.75) is 5.92 Å². The van der Waals surface area contributed by atoms with Crippen LogP contribution in [0.5, 0.6) is 0 Å². The van der Waals surface area contributed by atoms with Crippen LogP contribution in [0.4, 0.5) is 4.79 Å². The van der Waals surface area contributed by atoms with Crippen LogP contribution in [0.1, 0.15) is 17.0 Å². The Kier molecular flexibility index (Phi) is 10.7. The first-order valence-corrected chi connectivity index (χ1v) is 11.7. The molecule has 0 saturated heterocycles. The van der Waals surface area contributed by atoms with Gasteiger partial charge in [0.1, 0.15) is 19.8 Å². The average molecular weight is 501 g/mol. The first kappa shape index (κ1) is 27.1. The van der Waals surface area contributed by atoms with Gasteiger partial charge >= 0.3 is 12.1 Å². The fourth-order valence-corrected chi connectivity index (χ4v) is 3.86. The van der Waals surface area contributed by atoms with Crippen molar-refractivity contribution in [3.05, 3.63) is 59.7 Å². The molecule has 3 rings (SSSR count). The molecule has 0 saturated carbocycles. The zero-order valence-corrected chi connectivity index (χ0v) is 20.3. The Bertz CT molecular complexity index is 983. The van der Waals surface area contributed by atoms with Crippen molar-refractivity contribution in [2.75, 3.05) is 66.4 Å². The van der Waals surface area contributed by atoms with E-state index in [4.69, 9.17) is 19.3 Å². The van der Waals surface area contributed by atoms with Gasteiger partial charge in [0.15, 0.2) is 0 Å². The number of carboxylic acids is 1. The van der Waals surface area contributed by atoms with Crippen molar-refractivity contribution >= 4 is 18.0 Å². The second-order valence-electron chi connectivity index (χ2n) is 8.19. The standard InChI is InChI=1S/C26H32N2O8/c1-28(11-13-34-15-14-33-12-10-27-24(29)17-35-18-25(30)31)26(32)36-16-23-21-8-4-2-6-19(21)20-7-3-5-9-22(20)23/h2-9,23H,10-18H2,1H3,(H,27,29)(H,30,31). The van der Waals surface area contributed by atoms with Crippen LogP contribution in [0, 0.1) is 0 Å². The molecule has 2 amide bonds. The van der Waals surface area contributed by atoms with Crippen LogP contribution in [0.2, 0.25) is 0 Å². The third kappa shape index (κ3) is 8.04. The van der Waals surface area contributed by atoms with Gasteiger partial charge in [-0.3, -0.25) is 4.79 Å². The van der Waals surface area contributed by atoms with Crippen molar-refractivity contribution in [1.82, 2.24) is 10.2 Å². The number of amides is 2. The Hall–Kier alpha value is -3.47. The van der Waals surface area contributed by atoms with Crippen molar-refractivity contribution in [1.29, 1.82) is 0 Å². The molecule has 0 aliphatic heterocycles. The summed E-state index contributed by atoms with van der Waals surface area (Å²) in [4.78, 5) is 35.6. The maximum atomic E-state index is 12.5. The highest BCUT2D eigenvalue weighted by Gasteiger charge is 2.29. The number of likely N-dealkylation sites (N-methyl/N-ethyl adjacent to an activating group) is 1. The normalized spacial score (nSPS) is 12.0. The third-order valence-corrected chi connectivity index (χ3v) is 5.62. The number of hydrogen-bond donors (Lipinski definition) is 2. The zero-order valence-electron chi connectivity index (χ0n) is 20.3. The minimum absolute atomic E-state index is 0.0187. The summed E-state index contributed by atoms with van der Waals surface area (Å²) in [5.74, 6) is -1.52. The summed E-state index contributed by atoms with van der Waals surface area (Å²) in [6, 6.07) is 16.4. The summed E-state index contributed by atoms with van der Waals surface area (Å²) in [7, 11) is 1.67. The lowest BCUT2D eigenvalue weighted by molar-refractivity contribution is -0.143. The first-order valence-electron chi connectivity index (χ1n) is 11.7. The lowest BCUT2D eigenvalue weighted by Gasteiger charge is -2.19. The molecule has 0 atom stereocenters. The number of rotatable bonds is 15. The monoisotopic (exact) mass is 500 g/mol. The maximum Gasteiger partial charge on any atom is 0.409 e. The summed E-state index contributed by atoms with van der Waals surface area (Å²) in [6.07, 6.45) is -0.403. The van der Waals surface area contributed by atoms with Crippen LogP contribution >= 0.6 is 0 Å². The van der Waals surface area contributed by atoms with Crippen molar-refractivity contribution in [3.63, 3.8) is 0 Å². The number of nitrogens with zero attached hydrogens (tertiary/aromatic N) is 1. The predicted molar refractivity (Wildman–Crippen MR) is 131 cm³/mol. The quantitative estimate of drug-likeness (QED) is 0.357. The second kappa shape index (κ2) is 14.2. The number of ether oxygens (including phenoxy) is 4. The summed E-state index contributed by atoms with van der Waals surface area (Å²) in [6.45, 7) is 1.39. The lowest BCUT2D eigenvalue weighted by atomic mass is 9.98. The molecule has 0 unspecified atom stereocenters. The predicted octanol–water partition coefficient (Wildman–Crippen LogP) is 2.12. The van der Waals surface area contributed by atoms with Gasteiger partial charge in [-0.1, -0.05) is 48.5 Å². The minimum atomic E-state index is -1.13. The Labute approximate surface area is 210 Å². The number of hydrogen-bond acceptors (Lipinski definition) is 7. The van der Waals surface area contributed by atoms with E-state index in [1.165, 1.54) is 27.2 Å². The molecule has 36 heavy (non-hydrogen) atoms. The molecule has 0 heterocycles. The topological polar surface area (TPSA) is 124 Å². The van der Waals surface area contributed by atoms with E-state index >= 15 is 0 Å². The van der Waals surface area contributed by atoms with Crippen molar-refractivity contribution in [2.24, 2.45) is 0 Å². The molecule has 10 heteroatoms. The molecule has 10 nitrogen and oxygen atoms in total. The van der Waals surface area contributed by atoms with Crippen molar-refractivity contribution < 1.29 is 38.4 Å². The summed E-state index contributed by atoms with van der Waals surface area (Å²) in [5, 5.41) is 11.0. The molecule has 0 radical (unpaired) electrons. The first-order chi connectivity index (χ1) is 17.5. The SMILES string of the molecule is CN(CCOCCOCCNC(=O)COCC(=O)O)C(=O)OCC1c2ccccc2-c2ccccc21. The van der Waals surface area contributed by atoms with E-state index in [1.807, 2.05) is 24.3 Å². The van der Waals surface area contributed by atoms with E-state index < -0.39 is 24.6 Å². The summed E-state index contributed by atoms with van der Waals surface area (Å²) >= 11 is 0. The van der Waals surface area contributed by atoms with Crippen LogP contribution in [0.25, 0.3) is 11.1 Å². The average Bonchev–Trinajstić information content (AvgIpc) is 3.19. The molecule has 2 aromatic carbocycles. The third-order valence-electron chi connectivity index (χ3n) is 5.62. The summed E-state index contributed by atoms with van der Waals surface area (Å²) in [5.41, 5.74) is 4.71. The molecule has 0 aromatic heterocycles. The lowest BCUT2D eigenvalue weighted by Crippen LogP contribution is -2.32. The molecule has 0 spiro atoms. The van der Waals surface area contributed by atoms with Crippen molar-refractivity contribution in [3.8, 4) is 11.1 Å². The number of nitrogens with one attached hydrogen (secondary N) is 1. The van der Waals surface area contributed by atoms with Gasteiger partial charge in [0.25, 0.3) is 0 Å². The van der Waals surface area contributed by atoms with Crippen LogP contribution < -0.4 is 5.32 Å². The summed E-state index contributed by atoms with van der Waals surface area (Å²) < 4.78 is 21.1. The van der Waals surface area contributed by atoms with Gasteiger partial charge in [-0.05, 0) is 22.3 Å². The molecule has 1 aliphatic carbocycles. The number of carbonyl (C=O) groups excluding carboxylic acids is 2. The van der Waals surface area contributed by atoms with Gasteiger partial charge in [-0.2, -0.15) is 0 Å². The molecule has 0 bridgehead atoms. The highest BCUT2D eigenvalue weighted by Crippen LogP contribution is 2.44. The van der Waals surface area contributed by atoms with E-state index in [-0.39, 0.29) is 32.3 Å². The number of aliphatic carboxylic acids is 1. The van der Waals surface area contributed by atoms with Gasteiger partial charge in [-0.25, -0.2) is 9.59 Å². The van der Waals surface area contributed by atoms with Gasteiger partial charge in [0, 0.05) is 26.1 Å².